The van der Waals surface area contributed by atoms with Crippen molar-refractivity contribution in [3.8, 4) is 17.6 Å². The highest BCUT2D eigenvalue weighted by Gasteiger charge is 1.97. The maximum Gasteiger partial charge on any atom is 0.248 e. The van der Waals surface area contributed by atoms with Crippen LogP contribution in [0.5, 0.6) is 11.5 Å². The number of carbonyl (C=O) groups excluding carboxylic acids is 1. The van der Waals surface area contributed by atoms with Crippen LogP contribution in [0.1, 0.15) is 72.9 Å². The zero-order chi connectivity index (χ0) is 47.9. The summed E-state index contributed by atoms with van der Waals surface area (Å²) in [5.74, 6) is 1.47. The molecule has 0 aliphatic carbocycles. The Balaban J connectivity index is 0.000000374. The second-order valence-electron chi connectivity index (χ2n) is 14.7. The fraction of sp³-hybridized carbons (Fsp3) is 0.196. The van der Waals surface area contributed by atoms with E-state index in [-0.39, 0.29) is 5.91 Å². The molecule has 0 saturated heterocycles. The van der Waals surface area contributed by atoms with Crippen LogP contribution in [0.3, 0.4) is 0 Å². The smallest absolute Gasteiger partial charge is 0.248 e. The summed E-state index contributed by atoms with van der Waals surface area (Å²) in [5.41, 5.74) is 23.0. The maximum atomic E-state index is 10.6. The molecule has 0 saturated carbocycles. The van der Waals surface area contributed by atoms with Gasteiger partial charge in [-0.15, -0.1) is 0 Å². The first-order valence-electron chi connectivity index (χ1n) is 20.6. The van der Waals surface area contributed by atoms with E-state index in [1.165, 1.54) is 33.4 Å². The van der Waals surface area contributed by atoms with Crippen molar-refractivity contribution < 1.29 is 14.3 Å². The van der Waals surface area contributed by atoms with Gasteiger partial charge in [-0.3, -0.25) is 4.79 Å². The number of hydrogen-bond donors (Lipinski definition) is 3. The van der Waals surface area contributed by atoms with Crippen molar-refractivity contribution in [3.05, 3.63) is 236 Å². The van der Waals surface area contributed by atoms with E-state index in [4.69, 9.17) is 43.2 Å². The van der Waals surface area contributed by atoms with Crippen molar-refractivity contribution in [1.29, 1.82) is 10.7 Å². The van der Waals surface area contributed by atoms with Crippen LogP contribution in [0.25, 0.3) is 0 Å². The predicted molar refractivity (Wildman–Crippen MR) is 270 cm³/mol. The number of nitriles is 1. The highest BCUT2D eigenvalue weighted by molar-refractivity contribution is 6.30. The van der Waals surface area contributed by atoms with E-state index in [9.17, 15) is 4.79 Å². The van der Waals surface area contributed by atoms with Gasteiger partial charge in [0.05, 0.1) is 25.9 Å². The molecule has 0 aromatic heterocycles. The number of amides is 1. The Bertz CT molecular complexity index is 2360. The Labute approximate surface area is 387 Å². The molecule has 7 rings (SSSR count). The Morgan fingerprint density at radius 1 is 0.547 bits per heavy atom. The first kappa shape index (κ1) is 55.0. The second-order valence-corrected chi connectivity index (χ2v) is 15.2. The van der Waals surface area contributed by atoms with E-state index in [1.807, 2.05) is 174 Å². The van der Waals surface area contributed by atoms with Crippen LogP contribution >= 0.6 is 11.6 Å². The number of hydrogen-bond acceptors (Lipinski definition) is 6. The Morgan fingerprint density at radius 2 is 0.984 bits per heavy atom. The van der Waals surface area contributed by atoms with Gasteiger partial charge in [0.1, 0.15) is 11.5 Å². The predicted octanol–water partition coefficient (Wildman–Crippen LogP) is 13.5. The van der Waals surface area contributed by atoms with Crippen molar-refractivity contribution in [2.24, 2.45) is 11.5 Å². The molecule has 5 N–H and O–H groups in total. The quantitative estimate of drug-likeness (QED) is 0.148. The summed E-state index contributed by atoms with van der Waals surface area (Å²) in [5, 5.41) is 16.6. The molecule has 0 heterocycles. The molecule has 0 atom stereocenters. The summed E-state index contributed by atoms with van der Waals surface area (Å²) in [4.78, 5) is 10.6. The normalized spacial score (nSPS) is 9.17. The van der Waals surface area contributed by atoms with Crippen LogP contribution in [0.15, 0.2) is 170 Å². The molecular formula is C56H65ClN4O3. The molecule has 8 heteroatoms. The zero-order valence-electron chi connectivity index (χ0n) is 39.1. The van der Waals surface area contributed by atoms with Crippen LogP contribution in [0.2, 0.25) is 5.02 Å². The van der Waals surface area contributed by atoms with Gasteiger partial charge in [0.15, 0.2) is 0 Å². The summed E-state index contributed by atoms with van der Waals surface area (Å²) in [7, 11) is 3.35. The van der Waals surface area contributed by atoms with Crippen molar-refractivity contribution in [1.82, 2.24) is 0 Å². The van der Waals surface area contributed by atoms with Crippen molar-refractivity contribution in [2.45, 2.75) is 61.9 Å². The lowest BCUT2D eigenvalue weighted by atomic mass is 10.1. The SMILES string of the molecule is CC(=N)c1cccc(C)c1.COc1ccc(C)cc1.COc1cccc(C)c1.Cc1cccc(C#N)c1.Cc1cccc(C(N)=O)c1.Cc1cccc(CN)c1.Cc1cccc(Cl)c1. The average molecular weight is 878 g/mol. The highest BCUT2D eigenvalue weighted by Crippen LogP contribution is 2.12. The maximum absolute atomic E-state index is 10.6. The average Bonchev–Trinajstić information content (AvgIpc) is 3.28. The third kappa shape index (κ3) is 25.7. The zero-order valence-corrected chi connectivity index (χ0v) is 39.8. The molecule has 0 aliphatic rings. The lowest BCUT2D eigenvalue weighted by Crippen LogP contribution is -2.10. The Morgan fingerprint density at radius 3 is 1.31 bits per heavy atom. The van der Waals surface area contributed by atoms with Gasteiger partial charge in [0, 0.05) is 22.8 Å². The lowest BCUT2D eigenvalue weighted by molar-refractivity contribution is 0.1000. The molecule has 64 heavy (non-hydrogen) atoms. The standard InChI is InChI=1S/C9H11N.C8H9NO.C8H11N.C8H7N.2C8H10O.C7H7Cl/c1-7-4-3-5-9(6-7)8(2)10;1-6-3-2-4-7(5-6)8(9)10;2*1-7-3-2-4-8(5-7)6-9;1-7-3-5-8(9-2)6-4-7;1-7-4-3-5-8(6-7)9-2;1-6-3-2-4-7(8)5-6/h3-6,10H,1-2H3;2-5H,1H3,(H2,9,10);2-5H,6,9H2,1H3;2-5H,1H3;2*3-6H,1-2H3;2-5H,1H3. The van der Waals surface area contributed by atoms with Crippen molar-refractivity contribution in [3.63, 3.8) is 0 Å². The van der Waals surface area contributed by atoms with Gasteiger partial charge >= 0.3 is 0 Å². The van der Waals surface area contributed by atoms with E-state index >= 15 is 0 Å². The van der Waals surface area contributed by atoms with Gasteiger partial charge in [-0.25, -0.2) is 0 Å². The number of methoxy groups -OCH3 is 2. The van der Waals surface area contributed by atoms with Crippen LogP contribution < -0.4 is 20.9 Å². The summed E-state index contributed by atoms with van der Waals surface area (Å²) in [6.45, 7) is 16.6. The van der Waals surface area contributed by atoms with Gasteiger partial charge < -0.3 is 26.4 Å². The van der Waals surface area contributed by atoms with Crippen LogP contribution in [0, 0.1) is 65.2 Å². The van der Waals surface area contributed by atoms with Gasteiger partial charge in [-0.05, 0) is 144 Å². The summed E-state index contributed by atoms with van der Waals surface area (Å²) < 4.78 is 9.96. The first-order chi connectivity index (χ1) is 30.5. The molecule has 7 nitrogen and oxygen atoms in total. The number of halogens is 1. The molecule has 0 spiro atoms. The molecule has 0 bridgehead atoms. The molecular weight excluding hydrogens is 812 g/mol. The third-order valence-corrected chi connectivity index (χ3v) is 8.92. The minimum absolute atomic E-state index is 0.372. The van der Waals surface area contributed by atoms with Crippen molar-refractivity contribution in [2.75, 3.05) is 14.2 Å². The number of carbonyl (C=O) groups is 1. The van der Waals surface area contributed by atoms with Crippen LogP contribution in [-0.4, -0.2) is 25.8 Å². The Hall–Kier alpha value is -6.98. The van der Waals surface area contributed by atoms with Gasteiger partial charge in [0.2, 0.25) is 5.91 Å². The van der Waals surface area contributed by atoms with E-state index in [0.717, 1.165) is 38.8 Å². The summed E-state index contributed by atoms with van der Waals surface area (Å²) in [6.07, 6.45) is 0. The minimum Gasteiger partial charge on any atom is -0.497 e. The van der Waals surface area contributed by atoms with E-state index in [2.05, 4.69) is 32.0 Å². The molecule has 0 radical (unpaired) electrons. The number of ether oxygens (including phenoxy) is 2. The molecule has 7 aromatic carbocycles. The second kappa shape index (κ2) is 31.8. The molecule has 0 fully saturated rings. The van der Waals surface area contributed by atoms with Gasteiger partial charge in [0.25, 0.3) is 0 Å². The summed E-state index contributed by atoms with van der Waals surface area (Å²) in [6, 6.07) is 56.7. The van der Waals surface area contributed by atoms with Crippen LogP contribution in [0.4, 0.5) is 0 Å². The number of aryl methyl sites for hydroxylation is 7. The third-order valence-electron chi connectivity index (χ3n) is 8.68. The van der Waals surface area contributed by atoms with E-state index in [1.54, 1.807) is 39.3 Å². The number of nitrogens with zero attached hydrogens (tertiary/aromatic N) is 1. The largest absolute Gasteiger partial charge is 0.497 e. The number of nitrogens with two attached hydrogens (primary N) is 2. The molecule has 0 unspecified atom stereocenters. The topological polar surface area (TPSA) is 135 Å². The number of nitrogens with one attached hydrogen (secondary N) is 1. The minimum atomic E-state index is -0.372. The fourth-order valence-corrected chi connectivity index (χ4v) is 5.50. The Kier molecular flexibility index (Phi) is 27.4. The van der Waals surface area contributed by atoms with E-state index < -0.39 is 0 Å². The molecule has 1 amide bonds. The molecule has 334 valence electrons. The number of primary amides is 1. The van der Waals surface area contributed by atoms with Crippen LogP contribution in [-0.2, 0) is 6.54 Å². The summed E-state index contributed by atoms with van der Waals surface area (Å²) >= 11 is 5.64. The van der Waals surface area contributed by atoms with Gasteiger partial charge in [-0.2, -0.15) is 5.26 Å². The van der Waals surface area contributed by atoms with Gasteiger partial charge in [-0.1, -0.05) is 143 Å². The molecule has 0 aliphatic heterocycles. The number of benzene rings is 7. The van der Waals surface area contributed by atoms with E-state index in [0.29, 0.717) is 17.8 Å². The lowest BCUT2D eigenvalue weighted by Gasteiger charge is -1.97. The number of rotatable bonds is 5. The first-order valence-corrected chi connectivity index (χ1v) is 21.0. The fourth-order valence-electron chi connectivity index (χ4n) is 5.25. The monoisotopic (exact) mass is 876 g/mol. The van der Waals surface area contributed by atoms with Crippen molar-refractivity contribution >= 4 is 23.2 Å². The molecule has 7 aromatic rings. The highest BCUT2D eigenvalue weighted by atomic mass is 35.5.